The van der Waals surface area contributed by atoms with Gasteiger partial charge in [0, 0.05) is 18.1 Å². The third-order valence-electron chi connectivity index (χ3n) is 4.94. The summed E-state index contributed by atoms with van der Waals surface area (Å²) in [6.45, 7) is 5.28. The molecule has 1 aromatic carbocycles. The van der Waals surface area contributed by atoms with Crippen molar-refractivity contribution in [3.63, 3.8) is 0 Å². The average Bonchev–Trinajstić information content (AvgIpc) is 3.17. The van der Waals surface area contributed by atoms with Crippen molar-refractivity contribution in [2.24, 2.45) is 0 Å². The van der Waals surface area contributed by atoms with Crippen LogP contribution in [0.1, 0.15) is 27.2 Å². The van der Waals surface area contributed by atoms with Gasteiger partial charge in [-0.2, -0.15) is 0 Å². The molecule has 0 radical (unpaired) electrons. The van der Waals surface area contributed by atoms with Gasteiger partial charge >= 0.3 is 5.97 Å². The maximum atomic E-state index is 13.1. The lowest BCUT2D eigenvalue weighted by atomic mass is 10.1. The van der Waals surface area contributed by atoms with Crippen LogP contribution < -0.4 is 4.90 Å². The molecule has 0 N–H and O–H groups in total. The molecule has 33 heavy (non-hydrogen) atoms. The summed E-state index contributed by atoms with van der Waals surface area (Å²) in [5, 5.41) is 8.22. The Bertz CT molecular complexity index is 1050. The third kappa shape index (κ3) is 6.01. The van der Waals surface area contributed by atoms with Gasteiger partial charge in [-0.15, -0.1) is 5.10 Å². The summed E-state index contributed by atoms with van der Waals surface area (Å²) in [6.07, 6.45) is 1.67. The van der Waals surface area contributed by atoms with Crippen LogP contribution in [0.5, 0.6) is 0 Å². The molecule has 1 fully saturated rings. The zero-order valence-electron chi connectivity index (χ0n) is 18.7. The number of halogens is 2. The fraction of sp³-hybridized carbons (Fsp3) is 0.476. The monoisotopic (exact) mass is 497 g/mol. The number of carbonyl (C=O) groups excluding carboxylic acids is 3. The number of hydrogen-bond acceptors (Lipinski definition) is 7. The number of rotatable bonds is 7. The zero-order valence-corrected chi connectivity index (χ0v) is 20.3. The number of methoxy groups -OCH3 is 1. The van der Waals surface area contributed by atoms with E-state index >= 15 is 0 Å². The first kappa shape index (κ1) is 24.9. The molecule has 0 bridgehead atoms. The van der Waals surface area contributed by atoms with Gasteiger partial charge < -0.3 is 14.4 Å². The van der Waals surface area contributed by atoms with Crippen molar-refractivity contribution in [2.75, 3.05) is 31.7 Å². The molecule has 1 atom stereocenters. The molecule has 1 aliphatic heterocycles. The van der Waals surface area contributed by atoms with E-state index in [1.165, 1.54) is 27.8 Å². The first-order valence-electron chi connectivity index (χ1n) is 10.2. The molecule has 2 heterocycles. The number of nitrogens with zero attached hydrogens (tertiary/aromatic N) is 5. The molecule has 3 rings (SSSR count). The van der Waals surface area contributed by atoms with Crippen molar-refractivity contribution in [2.45, 2.75) is 38.8 Å². The van der Waals surface area contributed by atoms with Gasteiger partial charge in [-0.1, -0.05) is 28.4 Å². The van der Waals surface area contributed by atoms with Crippen LogP contribution in [-0.4, -0.2) is 76.1 Å². The Morgan fingerprint density at radius 1 is 1.15 bits per heavy atom. The lowest BCUT2D eigenvalue weighted by Gasteiger charge is -2.38. The van der Waals surface area contributed by atoms with E-state index in [0.717, 1.165) is 0 Å². The van der Waals surface area contributed by atoms with Crippen LogP contribution in [0.15, 0.2) is 24.4 Å². The highest BCUT2D eigenvalue weighted by Crippen LogP contribution is 2.30. The Morgan fingerprint density at radius 3 is 2.48 bits per heavy atom. The molecule has 2 amide bonds. The Morgan fingerprint density at radius 2 is 1.88 bits per heavy atom. The highest BCUT2D eigenvalue weighted by molar-refractivity contribution is 6.31. The minimum absolute atomic E-state index is 0.168. The van der Waals surface area contributed by atoms with E-state index in [9.17, 15) is 14.4 Å². The summed E-state index contributed by atoms with van der Waals surface area (Å²) in [5.74, 6) is -1.42. The number of piperazine rings is 1. The number of aromatic nitrogens is 3. The molecule has 1 saturated heterocycles. The molecule has 12 heteroatoms. The maximum absolute atomic E-state index is 13.1. The first-order valence-corrected chi connectivity index (χ1v) is 10.9. The van der Waals surface area contributed by atoms with Gasteiger partial charge in [-0.3, -0.25) is 14.5 Å². The summed E-state index contributed by atoms with van der Waals surface area (Å²) >= 11 is 12.0. The van der Waals surface area contributed by atoms with E-state index in [1.807, 2.05) is 20.8 Å². The van der Waals surface area contributed by atoms with E-state index in [2.05, 4.69) is 10.3 Å². The average molecular weight is 498 g/mol. The fourth-order valence-electron chi connectivity index (χ4n) is 3.42. The molecule has 0 spiro atoms. The minimum atomic E-state index is -0.941. The van der Waals surface area contributed by atoms with Crippen molar-refractivity contribution in [3.05, 3.63) is 34.6 Å². The molecular formula is C21H25Cl2N5O5. The standard InChI is InChI=1S/C21H25Cl2N5O5/c1-21(2,3)33-8-7-15(20(31)32-4)26-11-19(30)27(12-18(26)29)16-9-13(22)5-6-14(16)28-10-17(23)24-25-28/h5-6,9-10,15H,7-8,11-12H2,1-4H3. The Labute approximate surface area is 201 Å². The second-order valence-corrected chi connectivity index (χ2v) is 9.23. The van der Waals surface area contributed by atoms with Crippen LogP contribution >= 0.6 is 23.2 Å². The molecule has 1 unspecified atom stereocenters. The van der Waals surface area contributed by atoms with Crippen molar-refractivity contribution in [1.29, 1.82) is 0 Å². The Balaban J connectivity index is 1.85. The number of amides is 2. The lowest BCUT2D eigenvalue weighted by molar-refractivity contribution is -0.156. The van der Waals surface area contributed by atoms with Crippen LogP contribution in [0.3, 0.4) is 0 Å². The Hall–Kier alpha value is -2.69. The molecule has 2 aromatic rings. The molecule has 178 valence electrons. The topological polar surface area (TPSA) is 107 Å². The number of carbonyl (C=O) groups is 3. The quantitative estimate of drug-likeness (QED) is 0.540. The zero-order chi connectivity index (χ0) is 24.3. The second-order valence-electron chi connectivity index (χ2n) is 8.41. The van der Waals surface area contributed by atoms with E-state index in [0.29, 0.717) is 16.4 Å². The fourth-order valence-corrected chi connectivity index (χ4v) is 3.71. The molecule has 0 aliphatic carbocycles. The van der Waals surface area contributed by atoms with Crippen molar-refractivity contribution in [3.8, 4) is 5.69 Å². The predicted molar refractivity (Wildman–Crippen MR) is 122 cm³/mol. The smallest absolute Gasteiger partial charge is 0.328 e. The van der Waals surface area contributed by atoms with Crippen LogP contribution in [-0.2, 0) is 23.9 Å². The van der Waals surface area contributed by atoms with Gasteiger partial charge in [0.05, 0.1) is 30.3 Å². The molecule has 1 aromatic heterocycles. The van der Waals surface area contributed by atoms with Gasteiger partial charge in [0.2, 0.25) is 11.8 Å². The molecular weight excluding hydrogens is 473 g/mol. The van der Waals surface area contributed by atoms with E-state index in [-0.39, 0.29) is 31.3 Å². The summed E-state index contributed by atoms with van der Waals surface area (Å²) in [6, 6.07) is 3.89. The summed E-state index contributed by atoms with van der Waals surface area (Å²) in [7, 11) is 1.24. The lowest BCUT2D eigenvalue weighted by Crippen LogP contribution is -2.59. The van der Waals surface area contributed by atoms with Gasteiger partial charge in [-0.05, 0) is 39.0 Å². The maximum Gasteiger partial charge on any atom is 0.328 e. The van der Waals surface area contributed by atoms with Crippen LogP contribution in [0, 0.1) is 0 Å². The van der Waals surface area contributed by atoms with Gasteiger partial charge in [0.25, 0.3) is 0 Å². The minimum Gasteiger partial charge on any atom is -0.467 e. The van der Waals surface area contributed by atoms with Crippen molar-refractivity contribution < 1.29 is 23.9 Å². The number of benzene rings is 1. The van der Waals surface area contributed by atoms with Crippen molar-refractivity contribution in [1.82, 2.24) is 19.9 Å². The number of esters is 1. The van der Waals surface area contributed by atoms with Crippen LogP contribution in [0.4, 0.5) is 5.69 Å². The molecule has 0 saturated carbocycles. The van der Waals surface area contributed by atoms with E-state index in [4.69, 9.17) is 32.7 Å². The first-order chi connectivity index (χ1) is 15.5. The third-order valence-corrected chi connectivity index (χ3v) is 5.35. The summed E-state index contributed by atoms with van der Waals surface area (Å²) in [5.41, 5.74) is 0.427. The van der Waals surface area contributed by atoms with Gasteiger partial charge in [-0.25, -0.2) is 9.48 Å². The van der Waals surface area contributed by atoms with Gasteiger partial charge in [0.1, 0.15) is 19.1 Å². The molecule has 10 nitrogen and oxygen atoms in total. The largest absolute Gasteiger partial charge is 0.467 e. The number of ether oxygens (including phenoxy) is 2. The van der Waals surface area contributed by atoms with E-state index < -0.39 is 29.4 Å². The Kier molecular flexibility index (Phi) is 7.61. The normalized spacial score (nSPS) is 15.7. The summed E-state index contributed by atoms with van der Waals surface area (Å²) < 4.78 is 12.0. The van der Waals surface area contributed by atoms with Gasteiger partial charge in [0.15, 0.2) is 5.15 Å². The number of hydrogen-bond donors (Lipinski definition) is 0. The predicted octanol–water partition coefficient (Wildman–Crippen LogP) is 2.50. The summed E-state index contributed by atoms with van der Waals surface area (Å²) in [4.78, 5) is 41.2. The van der Waals surface area contributed by atoms with Crippen LogP contribution in [0.25, 0.3) is 5.69 Å². The number of anilines is 1. The highest BCUT2D eigenvalue weighted by atomic mass is 35.5. The SMILES string of the molecule is COC(=O)C(CCOC(C)(C)C)N1CC(=O)N(c2cc(Cl)ccc2-n2cc(Cl)nn2)CC1=O. The highest BCUT2D eigenvalue weighted by Gasteiger charge is 2.39. The molecule has 1 aliphatic rings. The van der Waals surface area contributed by atoms with E-state index in [1.54, 1.807) is 18.2 Å². The second kappa shape index (κ2) is 10.1. The van der Waals surface area contributed by atoms with Crippen molar-refractivity contribution >= 4 is 46.7 Å². The van der Waals surface area contributed by atoms with Crippen LogP contribution in [0.2, 0.25) is 10.2 Å².